The first-order valence-corrected chi connectivity index (χ1v) is 7.18. The second kappa shape index (κ2) is 7.59. The van der Waals surface area contributed by atoms with Crippen molar-refractivity contribution in [2.24, 2.45) is 0 Å². The van der Waals surface area contributed by atoms with Crippen molar-refractivity contribution in [2.75, 3.05) is 12.4 Å². The topological polar surface area (TPSA) is 67.2 Å². The summed E-state index contributed by atoms with van der Waals surface area (Å²) in [5.74, 6) is 0.196. The Morgan fingerprint density at radius 1 is 1.25 bits per heavy atom. The summed E-state index contributed by atoms with van der Waals surface area (Å²) in [6.07, 6.45) is 0. The lowest BCUT2D eigenvalue weighted by Gasteiger charge is -2.14. The van der Waals surface area contributed by atoms with Crippen molar-refractivity contribution < 1.29 is 18.3 Å². The number of halogens is 2. The molecule has 1 heterocycles. The highest BCUT2D eigenvalue weighted by Crippen LogP contribution is 2.30. The van der Waals surface area contributed by atoms with Gasteiger partial charge in [0.2, 0.25) is 0 Å². The normalized spacial score (nSPS) is 10.4. The molecular formula is C17H17F2N3O2. The molecule has 0 bridgehead atoms. The molecule has 7 heteroatoms. The van der Waals surface area contributed by atoms with E-state index < -0.39 is 6.61 Å². The molecule has 0 aliphatic rings. The molecule has 0 radical (unpaired) electrons. The van der Waals surface area contributed by atoms with E-state index in [1.807, 2.05) is 6.92 Å². The molecule has 0 unspecified atom stereocenters. The Bertz CT molecular complexity index is 773. The summed E-state index contributed by atoms with van der Waals surface area (Å²) in [6.45, 7) is 0.999. The van der Waals surface area contributed by atoms with E-state index in [-0.39, 0.29) is 11.5 Å². The van der Waals surface area contributed by atoms with Gasteiger partial charge >= 0.3 is 6.61 Å². The standard InChI is InChI=1S/C17H17F2N3O2/c1-10-6-14(13(8-20)11(2)22-10)21-9-12-4-5-15(23-3)16(7-12)24-17(18)19/h4-7,17H,9H2,1-3H3,(H,21,22). The Morgan fingerprint density at radius 3 is 2.62 bits per heavy atom. The number of ether oxygens (including phenoxy) is 2. The summed E-state index contributed by atoms with van der Waals surface area (Å²) >= 11 is 0. The molecule has 0 amide bonds. The minimum atomic E-state index is -2.93. The van der Waals surface area contributed by atoms with Gasteiger partial charge in [-0.25, -0.2) is 0 Å². The summed E-state index contributed by atoms with van der Waals surface area (Å²) in [6, 6.07) is 8.65. The van der Waals surface area contributed by atoms with Crippen LogP contribution in [0.15, 0.2) is 24.3 Å². The van der Waals surface area contributed by atoms with Gasteiger partial charge in [-0.3, -0.25) is 4.98 Å². The van der Waals surface area contributed by atoms with Gasteiger partial charge in [0.1, 0.15) is 6.07 Å². The van der Waals surface area contributed by atoms with Gasteiger partial charge in [-0.1, -0.05) is 6.07 Å². The molecule has 0 aliphatic heterocycles. The molecule has 5 nitrogen and oxygen atoms in total. The van der Waals surface area contributed by atoms with Crippen LogP contribution in [0.2, 0.25) is 0 Å². The van der Waals surface area contributed by atoms with Crippen LogP contribution in [-0.2, 0) is 6.54 Å². The molecule has 2 rings (SSSR count). The molecule has 0 fully saturated rings. The summed E-state index contributed by atoms with van der Waals surface area (Å²) < 4.78 is 34.4. The highest BCUT2D eigenvalue weighted by Gasteiger charge is 2.12. The number of aromatic nitrogens is 1. The Kier molecular flexibility index (Phi) is 5.53. The van der Waals surface area contributed by atoms with Crippen LogP contribution < -0.4 is 14.8 Å². The fourth-order valence-corrected chi connectivity index (χ4v) is 2.33. The average Bonchev–Trinajstić information content (AvgIpc) is 2.52. The molecule has 0 saturated carbocycles. The molecular weight excluding hydrogens is 316 g/mol. The van der Waals surface area contributed by atoms with Crippen molar-refractivity contribution >= 4 is 5.69 Å². The van der Waals surface area contributed by atoms with Gasteiger partial charge in [-0.05, 0) is 37.6 Å². The van der Waals surface area contributed by atoms with Crippen molar-refractivity contribution in [3.8, 4) is 17.6 Å². The van der Waals surface area contributed by atoms with E-state index in [0.29, 0.717) is 29.1 Å². The summed E-state index contributed by atoms with van der Waals surface area (Å²) in [5.41, 5.74) is 3.23. The Balaban J connectivity index is 2.22. The monoisotopic (exact) mass is 333 g/mol. The van der Waals surface area contributed by atoms with Crippen LogP contribution in [0.1, 0.15) is 22.5 Å². The highest BCUT2D eigenvalue weighted by atomic mass is 19.3. The minimum Gasteiger partial charge on any atom is -0.493 e. The molecule has 1 aromatic carbocycles. The molecule has 0 saturated heterocycles. The molecule has 0 atom stereocenters. The van der Waals surface area contributed by atoms with Crippen LogP contribution in [0, 0.1) is 25.2 Å². The maximum atomic E-state index is 12.5. The first-order chi connectivity index (χ1) is 11.4. The van der Waals surface area contributed by atoms with Gasteiger partial charge in [0, 0.05) is 12.2 Å². The van der Waals surface area contributed by atoms with Gasteiger partial charge in [0.15, 0.2) is 11.5 Å². The molecule has 126 valence electrons. The van der Waals surface area contributed by atoms with Crippen LogP contribution in [0.5, 0.6) is 11.5 Å². The number of pyridine rings is 1. The lowest BCUT2D eigenvalue weighted by atomic mass is 10.1. The third-order valence-electron chi connectivity index (χ3n) is 3.37. The smallest absolute Gasteiger partial charge is 0.387 e. The highest BCUT2D eigenvalue weighted by molar-refractivity contribution is 5.60. The van der Waals surface area contributed by atoms with Crippen LogP contribution >= 0.6 is 0 Å². The number of aryl methyl sites for hydroxylation is 2. The van der Waals surface area contributed by atoms with Crippen LogP contribution in [-0.4, -0.2) is 18.7 Å². The van der Waals surface area contributed by atoms with Crippen molar-refractivity contribution in [2.45, 2.75) is 27.0 Å². The van der Waals surface area contributed by atoms with E-state index in [1.54, 1.807) is 25.1 Å². The zero-order chi connectivity index (χ0) is 17.7. The van der Waals surface area contributed by atoms with Gasteiger partial charge in [-0.2, -0.15) is 14.0 Å². The SMILES string of the molecule is COc1ccc(CNc2cc(C)nc(C)c2C#N)cc1OC(F)F. The lowest BCUT2D eigenvalue weighted by molar-refractivity contribution is -0.0512. The van der Waals surface area contributed by atoms with Crippen LogP contribution in [0.4, 0.5) is 14.5 Å². The fourth-order valence-electron chi connectivity index (χ4n) is 2.33. The number of alkyl halides is 2. The number of rotatable bonds is 6. The summed E-state index contributed by atoms with van der Waals surface area (Å²) in [5, 5.41) is 12.4. The number of nitrogens with zero attached hydrogens (tertiary/aromatic N) is 2. The zero-order valence-electron chi connectivity index (χ0n) is 13.6. The molecule has 0 aliphatic carbocycles. The van der Waals surface area contributed by atoms with Crippen molar-refractivity contribution in [1.82, 2.24) is 4.98 Å². The zero-order valence-corrected chi connectivity index (χ0v) is 13.6. The number of anilines is 1. The molecule has 2 aromatic rings. The third-order valence-corrected chi connectivity index (χ3v) is 3.37. The van der Waals surface area contributed by atoms with Gasteiger partial charge in [-0.15, -0.1) is 0 Å². The number of hydrogen-bond donors (Lipinski definition) is 1. The van der Waals surface area contributed by atoms with Crippen molar-refractivity contribution in [3.05, 3.63) is 46.8 Å². The van der Waals surface area contributed by atoms with Crippen LogP contribution in [0.3, 0.4) is 0 Å². The summed E-state index contributed by atoms with van der Waals surface area (Å²) in [4.78, 5) is 4.25. The van der Waals surface area contributed by atoms with E-state index in [2.05, 4.69) is 21.1 Å². The van der Waals surface area contributed by atoms with E-state index in [1.165, 1.54) is 13.2 Å². The second-order valence-corrected chi connectivity index (χ2v) is 5.10. The number of hydrogen-bond acceptors (Lipinski definition) is 5. The second-order valence-electron chi connectivity index (χ2n) is 5.10. The van der Waals surface area contributed by atoms with Gasteiger partial charge < -0.3 is 14.8 Å². The average molecular weight is 333 g/mol. The Labute approximate surface area is 138 Å². The molecule has 0 spiro atoms. The van der Waals surface area contributed by atoms with E-state index >= 15 is 0 Å². The Hall–Kier alpha value is -2.88. The van der Waals surface area contributed by atoms with Gasteiger partial charge in [0.05, 0.1) is 24.1 Å². The number of nitrogens with one attached hydrogen (secondary N) is 1. The van der Waals surface area contributed by atoms with E-state index in [9.17, 15) is 14.0 Å². The van der Waals surface area contributed by atoms with Crippen molar-refractivity contribution in [3.63, 3.8) is 0 Å². The minimum absolute atomic E-state index is 0.0330. The number of benzene rings is 1. The predicted molar refractivity (Wildman–Crippen MR) is 85.4 cm³/mol. The Morgan fingerprint density at radius 2 is 2.00 bits per heavy atom. The maximum absolute atomic E-state index is 12.5. The number of methoxy groups -OCH3 is 1. The molecule has 1 aromatic heterocycles. The quantitative estimate of drug-likeness (QED) is 0.871. The van der Waals surface area contributed by atoms with Crippen LogP contribution in [0.25, 0.3) is 0 Å². The fraction of sp³-hybridized carbons (Fsp3) is 0.294. The third kappa shape index (κ3) is 4.10. The predicted octanol–water partition coefficient (Wildman–Crippen LogP) is 3.79. The summed E-state index contributed by atoms with van der Waals surface area (Å²) in [7, 11) is 1.38. The molecule has 24 heavy (non-hydrogen) atoms. The van der Waals surface area contributed by atoms with Crippen molar-refractivity contribution in [1.29, 1.82) is 5.26 Å². The molecule has 1 N–H and O–H groups in total. The first-order valence-electron chi connectivity index (χ1n) is 7.18. The van der Waals surface area contributed by atoms with Gasteiger partial charge in [0.25, 0.3) is 0 Å². The van der Waals surface area contributed by atoms with E-state index in [4.69, 9.17) is 4.74 Å². The van der Waals surface area contributed by atoms with E-state index in [0.717, 1.165) is 5.69 Å². The lowest BCUT2D eigenvalue weighted by Crippen LogP contribution is -2.07. The first kappa shape index (κ1) is 17.5. The largest absolute Gasteiger partial charge is 0.493 e. The number of nitriles is 1. The maximum Gasteiger partial charge on any atom is 0.387 e.